The Morgan fingerprint density at radius 3 is 2.61 bits per heavy atom. The minimum atomic E-state index is 0.156. The molecule has 1 aromatic rings. The van der Waals surface area contributed by atoms with Gasteiger partial charge in [0.15, 0.2) is 0 Å². The Hall–Kier alpha value is -1.51. The SMILES string of the molecule is Cc1cc(N)ccc1C(=O)N(CC(C)C)C1CC1. The quantitative estimate of drug-likeness (QED) is 0.830. The number of carbonyl (C=O) groups excluding carboxylic acids is 1. The zero-order valence-corrected chi connectivity index (χ0v) is 11.4. The molecule has 1 aromatic carbocycles. The summed E-state index contributed by atoms with van der Waals surface area (Å²) in [7, 11) is 0. The molecule has 0 atom stereocenters. The molecule has 0 spiro atoms. The Labute approximate surface area is 109 Å². The Balaban J connectivity index is 2.22. The summed E-state index contributed by atoms with van der Waals surface area (Å²) >= 11 is 0. The maximum absolute atomic E-state index is 12.6. The highest BCUT2D eigenvalue weighted by molar-refractivity contribution is 5.96. The molecule has 0 bridgehead atoms. The van der Waals surface area contributed by atoms with Gasteiger partial charge in [-0.25, -0.2) is 0 Å². The van der Waals surface area contributed by atoms with E-state index in [4.69, 9.17) is 5.73 Å². The number of nitrogens with two attached hydrogens (primary N) is 1. The van der Waals surface area contributed by atoms with Gasteiger partial charge in [0.25, 0.3) is 5.91 Å². The van der Waals surface area contributed by atoms with Gasteiger partial charge in [0.05, 0.1) is 0 Å². The van der Waals surface area contributed by atoms with Gasteiger partial charge in [-0.1, -0.05) is 13.8 Å². The van der Waals surface area contributed by atoms with Gasteiger partial charge in [0, 0.05) is 23.8 Å². The van der Waals surface area contributed by atoms with E-state index in [1.165, 1.54) is 0 Å². The van der Waals surface area contributed by atoms with Gasteiger partial charge < -0.3 is 10.6 Å². The van der Waals surface area contributed by atoms with Crippen molar-refractivity contribution < 1.29 is 4.79 Å². The Morgan fingerprint density at radius 2 is 2.11 bits per heavy atom. The van der Waals surface area contributed by atoms with Gasteiger partial charge in [0.1, 0.15) is 0 Å². The number of anilines is 1. The topological polar surface area (TPSA) is 46.3 Å². The average Bonchev–Trinajstić information content (AvgIpc) is 3.08. The molecule has 3 nitrogen and oxygen atoms in total. The third-order valence-corrected chi connectivity index (χ3v) is 3.29. The van der Waals surface area contributed by atoms with E-state index in [0.717, 1.165) is 30.5 Å². The summed E-state index contributed by atoms with van der Waals surface area (Å²) in [4.78, 5) is 14.6. The maximum Gasteiger partial charge on any atom is 0.254 e. The molecule has 0 unspecified atom stereocenters. The van der Waals surface area contributed by atoms with Crippen LogP contribution in [0, 0.1) is 12.8 Å². The first-order chi connectivity index (χ1) is 8.49. The van der Waals surface area contributed by atoms with Crippen molar-refractivity contribution in [2.45, 2.75) is 39.7 Å². The Kier molecular flexibility index (Phi) is 3.60. The molecule has 0 aromatic heterocycles. The van der Waals surface area contributed by atoms with Crippen LogP contribution in [0.3, 0.4) is 0 Å². The van der Waals surface area contributed by atoms with Crippen LogP contribution in [0.1, 0.15) is 42.6 Å². The van der Waals surface area contributed by atoms with Crippen LogP contribution < -0.4 is 5.73 Å². The number of benzene rings is 1. The summed E-state index contributed by atoms with van der Waals surface area (Å²) in [6.07, 6.45) is 2.29. The van der Waals surface area contributed by atoms with Gasteiger partial charge in [0.2, 0.25) is 0 Å². The van der Waals surface area contributed by atoms with Gasteiger partial charge in [-0.05, 0) is 49.4 Å². The zero-order chi connectivity index (χ0) is 13.3. The van der Waals surface area contributed by atoms with E-state index in [1.54, 1.807) is 6.07 Å². The maximum atomic E-state index is 12.6. The summed E-state index contributed by atoms with van der Waals surface area (Å²) in [6.45, 7) is 7.09. The molecule has 1 amide bonds. The highest BCUT2D eigenvalue weighted by Crippen LogP contribution is 2.29. The fourth-order valence-corrected chi connectivity index (χ4v) is 2.26. The van der Waals surface area contributed by atoms with Crippen molar-refractivity contribution in [1.82, 2.24) is 4.90 Å². The minimum absolute atomic E-state index is 0.156. The highest BCUT2D eigenvalue weighted by atomic mass is 16.2. The number of carbonyl (C=O) groups is 1. The first-order valence-electron chi connectivity index (χ1n) is 6.66. The standard InChI is InChI=1S/C15H22N2O/c1-10(2)9-17(13-5-6-13)15(18)14-7-4-12(16)8-11(14)3/h4,7-8,10,13H,5-6,9,16H2,1-3H3. The first-order valence-corrected chi connectivity index (χ1v) is 6.66. The van der Waals surface area contributed by atoms with Gasteiger partial charge in [-0.15, -0.1) is 0 Å². The second-order valence-corrected chi connectivity index (χ2v) is 5.66. The number of aryl methyl sites for hydroxylation is 1. The molecule has 2 rings (SSSR count). The number of rotatable bonds is 4. The third-order valence-electron chi connectivity index (χ3n) is 3.29. The average molecular weight is 246 g/mol. The van der Waals surface area contributed by atoms with Gasteiger partial charge in [-0.3, -0.25) is 4.79 Å². The molecule has 0 radical (unpaired) electrons. The van der Waals surface area contributed by atoms with E-state index in [-0.39, 0.29) is 5.91 Å². The lowest BCUT2D eigenvalue weighted by molar-refractivity contribution is 0.0722. The predicted molar refractivity (Wildman–Crippen MR) is 74.5 cm³/mol. The number of nitrogens with zero attached hydrogens (tertiary/aromatic N) is 1. The van der Waals surface area contributed by atoms with Crippen molar-refractivity contribution >= 4 is 11.6 Å². The first kappa shape index (κ1) is 12.9. The lowest BCUT2D eigenvalue weighted by Gasteiger charge is -2.25. The fraction of sp³-hybridized carbons (Fsp3) is 0.533. The van der Waals surface area contributed by atoms with Crippen LogP contribution >= 0.6 is 0 Å². The van der Waals surface area contributed by atoms with E-state index in [1.807, 2.05) is 24.0 Å². The highest BCUT2D eigenvalue weighted by Gasteiger charge is 2.33. The fourth-order valence-electron chi connectivity index (χ4n) is 2.26. The second kappa shape index (κ2) is 5.01. The number of nitrogen functional groups attached to an aromatic ring is 1. The van der Waals surface area contributed by atoms with Crippen LogP contribution in [0.25, 0.3) is 0 Å². The summed E-state index contributed by atoms with van der Waals surface area (Å²) in [5.41, 5.74) is 8.20. The smallest absolute Gasteiger partial charge is 0.254 e. The van der Waals surface area contributed by atoms with Crippen molar-refractivity contribution in [2.75, 3.05) is 12.3 Å². The summed E-state index contributed by atoms with van der Waals surface area (Å²) in [5, 5.41) is 0. The molecule has 18 heavy (non-hydrogen) atoms. The zero-order valence-electron chi connectivity index (χ0n) is 11.4. The van der Waals surface area contributed by atoms with E-state index in [9.17, 15) is 4.79 Å². The van der Waals surface area contributed by atoms with E-state index >= 15 is 0 Å². The number of hydrogen-bond donors (Lipinski definition) is 1. The third kappa shape index (κ3) is 2.84. The predicted octanol–water partition coefficient (Wildman–Crippen LogP) is 2.84. The van der Waals surface area contributed by atoms with Crippen LogP contribution in [-0.2, 0) is 0 Å². The van der Waals surface area contributed by atoms with Crippen molar-refractivity contribution in [1.29, 1.82) is 0 Å². The van der Waals surface area contributed by atoms with Crippen LogP contribution in [0.5, 0.6) is 0 Å². The van der Waals surface area contributed by atoms with E-state index in [2.05, 4.69) is 13.8 Å². The van der Waals surface area contributed by atoms with Crippen LogP contribution in [0.2, 0.25) is 0 Å². The van der Waals surface area contributed by atoms with Gasteiger partial charge in [-0.2, -0.15) is 0 Å². The Morgan fingerprint density at radius 1 is 1.44 bits per heavy atom. The Bertz CT molecular complexity index is 450. The summed E-state index contributed by atoms with van der Waals surface area (Å²) in [5.74, 6) is 0.660. The molecule has 0 heterocycles. The summed E-state index contributed by atoms with van der Waals surface area (Å²) in [6, 6.07) is 5.98. The molecule has 2 N–H and O–H groups in total. The van der Waals surface area contributed by atoms with Crippen molar-refractivity contribution in [3.05, 3.63) is 29.3 Å². The van der Waals surface area contributed by atoms with Crippen LogP contribution in [-0.4, -0.2) is 23.4 Å². The summed E-state index contributed by atoms with van der Waals surface area (Å²) < 4.78 is 0. The molecular weight excluding hydrogens is 224 g/mol. The lowest BCUT2D eigenvalue weighted by atomic mass is 10.1. The molecule has 1 aliphatic rings. The molecule has 1 saturated carbocycles. The van der Waals surface area contributed by atoms with Crippen molar-refractivity contribution in [3.8, 4) is 0 Å². The number of hydrogen-bond acceptors (Lipinski definition) is 2. The lowest BCUT2D eigenvalue weighted by Crippen LogP contribution is -2.36. The number of amides is 1. The van der Waals surface area contributed by atoms with Crippen molar-refractivity contribution in [3.63, 3.8) is 0 Å². The second-order valence-electron chi connectivity index (χ2n) is 5.66. The molecular formula is C15H22N2O. The molecule has 0 saturated heterocycles. The van der Waals surface area contributed by atoms with E-state index in [0.29, 0.717) is 17.6 Å². The van der Waals surface area contributed by atoms with Crippen LogP contribution in [0.15, 0.2) is 18.2 Å². The van der Waals surface area contributed by atoms with Gasteiger partial charge >= 0.3 is 0 Å². The molecule has 1 fully saturated rings. The van der Waals surface area contributed by atoms with E-state index < -0.39 is 0 Å². The molecule has 98 valence electrons. The molecule has 1 aliphatic carbocycles. The molecule has 3 heteroatoms. The normalized spacial score (nSPS) is 14.9. The van der Waals surface area contributed by atoms with Crippen molar-refractivity contribution in [2.24, 2.45) is 5.92 Å². The van der Waals surface area contributed by atoms with Crippen LogP contribution in [0.4, 0.5) is 5.69 Å². The minimum Gasteiger partial charge on any atom is -0.399 e. The monoisotopic (exact) mass is 246 g/mol. The largest absolute Gasteiger partial charge is 0.399 e. The molecule has 0 aliphatic heterocycles.